The van der Waals surface area contributed by atoms with Gasteiger partial charge in [0.25, 0.3) is 5.56 Å². The smallest absolute Gasteiger partial charge is 0.251 e. The summed E-state index contributed by atoms with van der Waals surface area (Å²) in [4.78, 5) is 26.4. The Morgan fingerprint density at radius 2 is 2.07 bits per heavy atom. The molecule has 0 spiro atoms. The van der Waals surface area contributed by atoms with Gasteiger partial charge in [-0.15, -0.1) is 0 Å². The maximum Gasteiger partial charge on any atom is 0.251 e. The van der Waals surface area contributed by atoms with E-state index in [2.05, 4.69) is 27.0 Å². The van der Waals surface area contributed by atoms with Crippen molar-refractivity contribution in [2.45, 2.75) is 18.8 Å². The van der Waals surface area contributed by atoms with Crippen LogP contribution in [0.1, 0.15) is 30.1 Å². The second kappa shape index (κ2) is 9.50. The molecule has 3 aromatic rings. The molecule has 1 N–H and O–H groups in total. The second-order valence-corrected chi connectivity index (χ2v) is 7.49. The van der Waals surface area contributed by atoms with Crippen LogP contribution in [0.15, 0.2) is 65.7 Å². The zero-order valence-corrected chi connectivity index (χ0v) is 17.1. The topological polar surface area (TPSA) is 71.1 Å². The van der Waals surface area contributed by atoms with Crippen molar-refractivity contribution in [3.63, 3.8) is 0 Å². The Hall–Kier alpha value is -3.25. The molecule has 1 saturated heterocycles. The van der Waals surface area contributed by atoms with Crippen molar-refractivity contribution >= 4 is 6.08 Å². The Labute approximate surface area is 176 Å². The van der Waals surface area contributed by atoms with Crippen LogP contribution in [0.4, 0.5) is 0 Å². The van der Waals surface area contributed by atoms with Crippen molar-refractivity contribution in [1.29, 1.82) is 0 Å². The van der Waals surface area contributed by atoms with Crippen molar-refractivity contribution in [2.75, 3.05) is 26.7 Å². The van der Waals surface area contributed by atoms with E-state index in [4.69, 9.17) is 9.72 Å². The molecule has 1 aromatic carbocycles. The molecular formula is C24H26N4O2. The number of hydrogen-bond acceptors (Lipinski definition) is 5. The van der Waals surface area contributed by atoms with Gasteiger partial charge >= 0.3 is 0 Å². The first kappa shape index (κ1) is 20.0. The lowest BCUT2D eigenvalue weighted by Crippen LogP contribution is -2.35. The third kappa shape index (κ3) is 4.83. The molecule has 2 aromatic heterocycles. The van der Waals surface area contributed by atoms with Crippen molar-refractivity contribution in [1.82, 2.24) is 19.9 Å². The summed E-state index contributed by atoms with van der Waals surface area (Å²) in [5.41, 5.74) is 2.57. The lowest BCUT2D eigenvalue weighted by molar-refractivity contribution is 0.224. The molecule has 6 heteroatoms. The summed E-state index contributed by atoms with van der Waals surface area (Å²) < 4.78 is 5.41. The highest BCUT2D eigenvalue weighted by Crippen LogP contribution is 2.26. The summed E-state index contributed by atoms with van der Waals surface area (Å²) in [6, 6.07) is 13.3. The highest BCUT2D eigenvalue weighted by atomic mass is 16.5. The van der Waals surface area contributed by atoms with E-state index in [0.717, 1.165) is 55.2 Å². The lowest BCUT2D eigenvalue weighted by Gasteiger charge is -2.31. The predicted octanol–water partition coefficient (Wildman–Crippen LogP) is 3.73. The van der Waals surface area contributed by atoms with Crippen LogP contribution in [0.2, 0.25) is 0 Å². The standard InChI is InChI=1S/C24H26N4O2/c1-30-22-9-3-2-6-19(22)7-4-14-28-15-5-8-20(17-28)24-26-21(16-23(29)27-24)18-10-12-25-13-11-18/h2-4,6-7,9-13,16,20H,5,8,14-15,17H2,1H3,(H,26,27,29)/b7-4+. The first-order chi connectivity index (χ1) is 14.7. The monoisotopic (exact) mass is 402 g/mol. The van der Waals surface area contributed by atoms with Crippen LogP contribution in [-0.4, -0.2) is 46.6 Å². The van der Waals surface area contributed by atoms with Crippen LogP contribution in [0.25, 0.3) is 17.3 Å². The molecule has 0 bridgehead atoms. The first-order valence-corrected chi connectivity index (χ1v) is 10.3. The van der Waals surface area contributed by atoms with Crippen LogP contribution in [0.3, 0.4) is 0 Å². The Bertz CT molecular complexity index is 1060. The fourth-order valence-corrected chi connectivity index (χ4v) is 3.92. The third-order valence-electron chi connectivity index (χ3n) is 5.43. The normalized spacial score (nSPS) is 17.3. The molecule has 0 saturated carbocycles. The number of likely N-dealkylation sites (tertiary alicyclic amines) is 1. The molecule has 6 nitrogen and oxygen atoms in total. The van der Waals surface area contributed by atoms with Gasteiger partial charge in [-0.2, -0.15) is 0 Å². The molecule has 1 aliphatic rings. The average Bonchev–Trinajstić information content (AvgIpc) is 2.80. The number of benzene rings is 1. The van der Waals surface area contributed by atoms with Gasteiger partial charge in [-0.25, -0.2) is 4.98 Å². The molecular weight excluding hydrogens is 376 g/mol. The maximum atomic E-state index is 12.3. The SMILES string of the molecule is COc1ccccc1/C=C/CN1CCCC(c2nc(-c3ccncc3)cc(=O)[nH]2)C1. The minimum atomic E-state index is -0.111. The third-order valence-corrected chi connectivity index (χ3v) is 5.43. The van der Waals surface area contributed by atoms with Gasteiger partial charge < -0.3 is 9.72 Å². The van der Waals surface area contributed by atoms with E-state index < -0.39 is 0 Å². The first-order valence-electron chi connectivity index (χ1n) is 10.3. The number of nitrogens with zero attached hydrogens (tertiary/aromatic N) is 3. The van der Waals surface area contributed by atoms with Gasteiger partial charge in [0.15, 0.2) is 0 Å². The Morgan fingerprint density at radius 3 is 2.90 bits per heavy atom. The van der Waals surface area contributed by atoms with E-state index in [1.165, 1.54) is 0 Å². The van der Waals surface area contributed by atoms with Gasteiger partial charge in [0.1, 0.15) is 11.6 Å². The number of para-hydroxylation sites is 1. The number of methoxy groups -OCH3 is 1. The Balaban J connectivity index is 1.46. The predicted molar refractivity (Wildman–Crippen MR) is 119 cm³/mol. The van der Waals surface area contributed by atoms with Gasteiger partial charge in [0, 0.05) is 48.6 Å². The van der Waals surface area contributed by atoms with Crippen LogP contribution in [0, 0.1) is 0 Å². The number of aromatic nitrogens is 3. The number of piperidine rings is 1. The Kier molecular flexibility index (Phi) is 6.35. The highest BCUT2D eigenvalue weighted by Gasteiger charge is 2.23. The van der Waals surface area contributed by atoms with E-state index in [9.17, 15) is 4.79 Å². The van der Waals surface area contributed by atoms with E-state index in [1.807, 2.05) is 36.4 Å². The second-order valence-electron chi connectivity index (χ2n) is 7.49. The molecule has 1 unspecified atom stereocenters. The minimum Gasteiger partial charge on any atom is -0.496 e. The molecule has 1 aliphatic heterocycles. The summed E-state index contributed by atoms with van der Waals surface area (Å²) in [6.45, 7) is 2.77. The summed E-state index contributed by atoms with van der Waals surface area (Å²) in [5.74, 6) is 1.86. The number of ether oxygens (including phenoxy) is 1. The number of aromatic amines is 1. The molecule has 0 aliphatic carbocycles. The number of rotatable bonds is 6. The van der Waals surface area contributed by atoms with Crippen LogP contribution in [0.5, 0.6) is 5.75 Å². The Morgan fingerprint density at radius 1 is 1.23 bits per heavy atom. The van der Waals surface area contributed by atoms with Crippen molar-refractivity contribution in [3.05, 3.63) is 82.7 Å². The number of nitrogens with one attached hydrogen (secondary N) is 1. The zero-order valence-electron chi connectivity index (χ0n) is 17.1. The van der Waals surface area contributed by atoms with Gasteiger partial charge in [-0.1, -0.05) is 30.4 Å². The quantitative estimate of drug-likeness (QED) is 0.680. The number of H-pyrrole nitrogens is 1. The van der Waals surface area contributed by atoms with Gasteiger partial charge in [0.2, 0.25) is 0 Å². The highest BCUT2D eigenvalue weighted by molar-refractivity contribution is 5.58. The van der Waals surface area contributed by atoms with Crippen LogP contribution < -0.4 is 10.3 Å². The van der Waals surface area contributed by atoms with Crippen LogP contribution in [-0.2, 0) is 0 Å². The van der Waals surface area contributed by atoms with Crippen LogP contribution >= 0.6 is 0 Å². The molecule has 0 radical (unpaired) electrons. The number of hydrogen-bond donors (Lipinski definition) is 1. The van der Waals surface area contributed by atoms with Crippen molar-refractivity contribution < 1.29 is 4.74 Å². The van der Waals surface area contributed by atoms with Crippen molar-refractivity contribution in [2.24, 2.45) is 0 Å². The summed E-state index contributed by atoms with van der Waals surface area (Å²) in [5, 5.41) is 0. The largest absolute Gasteiger partial charge is 0.496 e. The molecule has 154 valence electrons. The van der Waals surface area contributed by atoms with Gasteiger partial charge in [-0.3, -0.25) is 14.7 Å². The molecule has 3 heterocycles. The molecule has 1 atom stereocenters. The van der Waals surface area contributed by atoms with Crippen molar-refractivity contribution in [3.8, 4) is 17.0 Å². The van der Waals surface area contributed by atoms with E-state index in [-0.39, 0.29) is 11.5 Å². The zero-order chi connectivity index (χ0) is 20.8. The van der Waals surface area contributed by atoms with E-state index in [1.54, 1.807) is 25.6 Å². The fraction of sp³-hybridized carbons (Fsp3) is 0.292. The number of pyridine rings is 1. The molecule has 30 heavy (non-hydrogen) atoms. The molecule has 4 rings (SSSR count). The van der Waals surface area contributed by atoms with E-state index in [0.29, 0.717) is 5.69 Å². The lowest BCUT2D eigenvalue weighted by atomic mass is 9.97. The fourth-order valence-electron chi connectivity index (χ4n) is 3.92. The summed E-state index contributed by atoms with van der Waals surface area (Å²) >= 11 is 0. The maximum absolute atomic E-state index is 12.3. The van der Waals surface area contributed by atoms with E-state index >= 15 is 0 Å². The molecule has 0 amide bonds. The average molecular weight is 402 g/mol. The van der Waals surface area contributed by atoms with Gasteiger partial charge in [0.05, 0.1) is 12.8 Å². The summed E-state index contributed by atoms with van der Waals surface area (Å²) in [7, 11) is 1.69. The minimum absolute atomic E-state index is 0.111. The summed E-state index contributed by atoms with van der Waals surface area (Å²) in [6.07, 6.45) is 9.81. The van der Waals surface area contributed by atoms with Gasteiger partial charge in [-0.05, 0) is 37.6 Å². The molecule has 1 fully saturated rings.